The number of allylic oxidation sites excluding steroid dienone is 1. The molecule has 2 aromatic carbocycles. The number of Topliss-reactive ketones (excluding diaryl/α,β-unsaturated/α-hetero) is 1. The van der Waals surface area contributed by atoms with Gasteiger partial charge >= 0.3 is 5.69 Å². The Morgan fingerprint density at radius 3 is 2.45 bits per heavy atom. The maximum atomic E-state index is 13.4. The van der Waals surface area contributed by atoms with E-state index in [2.05, 4.69) is 10.3 Å². The molecule has 1 aliphatic carbocycles. The molecule has 0 radical (unpaired) electrons. The number of ketones is 1. The number of nitrogens with one attached hydrogen (secondary N) is 2. The highest BCUT2D eigenvalue weighted by Gasteiger charge is 2.42. The molecular formula is C23H18ClN3O4. The molecule has 2 aliphatic rings. The average molecular weight is 436 g/mol. The first-order chi connectivity index (χ1) is 15.0. The van der Waals surface area contributed by atoms with Gasteiger partial charge in [-0.05, 0) is 17.7 Å². The molecule has 1 atom stereocenters. The number of H-pyrrole nitrogens is 1. The quantitative estimate of drug-likeness (QED) is 0.657. The highest BCUT2D eigenvalue weighted by Crippen LogP contribution is 2.47. The SMILES string of the molecule is COCCn1c2c(c(=O)[nH]c1=O)[C@@H](c1ccc(Cl)cc1)C1=C(N2)c2ccccc2C1=O. The molecule has 2 heterocycles. The predicted octanol–water partition coefficient (Wildman–Crippen LogP) is 3.00. The monoisotopic (exact) mass is 435 g/mol. The third-order valence-electron chi connectivity index (χ3n) is 5.73. The van der Waals surface area contributed by atoms with E-state index in [0.29, 0.717) is 33.2 Å². The van der Waals surface area contributed by atoms with Gasteiger partial charge in [0.25, 0.3) is 5.56 Å². The topological polar surface area (TPSA) is 93.2 Å². The summed E-state index contributed by atoms with van der Waals surface area (Å²) in [5, 5.41) is 3.78. The van der Waals surface area contributed by atoms with Crippen molar-refractivity contribution in [1.82, 2.24) is 9.55 Å². The molecule has 1 aromatic heterocycles. The van der Waals surface area contributed by atoms with Crippen LogP contribution in [0.3, 0.4) is 0 Å². The zero-order valence-electron chi connectivity index (χ0n) is 16.6. The van der Waals surface area contributed by atoms with Crippen molar-refractivity contribution in [3.8, 4) is 0 Å². The molecule has 7 nitrogen and oxygen atoms in total. The summed E-state index contributed by atoms with van der Waals surface area (Å²) >= 11 is 6.08. The number of methoxy groups -OCH3 is 1. The first kappa shape index (κ1) is 19.5. The van der Waals surface area contributed by atoms with Crippen molar-refractivity contribution >= 4 is 28.9 Å². The highest BCUT2D eigenvalue weighted by atomic mass is 35.5. The lowest BCUT2D eigenvalue weighted by atomic mass is 9.81. The molecule has 0 spiro atoms. The second kappa shape index (κ2) is 7.37. The van der Waals surface area contributed by atoms with Gasteiger partial charge in [0.1, 0.15) is 5.82 Å². The first-order valence-corrected chi connectivity index (χ1v) is 10.2. The molecular weight excluding hydrogens is 418 g/mol. The molecule has 3 aromatic rings. The van der Waals surface area contributed by atoms with E-state index in [1.165, 1.54) is 4.57 Å². The van der Waals surface area contributed by atoms with Crippen molar-refractivity contribution in [3.63, 3.8) is 0 Å². The Balaban J connectivity index is 1.82. The maximum absolute atomic E-state index is 13.4. The average Bonchev–Trinajstić information content (AvgIpc) is 3.05. The second-order valence-corrected chi connectivity index (χ2v) is 7.88. The van der Waals surface area contributed by atoms with Gasteiger partial charge in [-0.25, -0.2) is 4.79 Å². The largest absolute Gasteiger partial charge is 0.383 e. The Hall–Kier alpha value is -3.42. The number of fused-ring (bicyclic) bond motifs is 3. The van der Waals surface area contributed by atoms with Crippen molar-refractivity contribution in [2.45, 2.75) is 12.5 Å². The van der Waals surface area contributed by atoms with Crippen LogP contribution in [-0.2, 0) is 11.3 Å². The summed E-state index contributed by atoms with van der Waals surface area (Å²) in [6.45, 7) is 0.528. The predicted molar refractivity (Wildman–Crippen MR) is 118 cm³/mol. The van der Waals surface area contributed by atoms with Crippen LogP contribution in [0.15, 0.2) is 63.7 Å². The Labute approximate surface area is 181 Å². The van der Waals surface area contributed by atoms with Gasteiger partial charge in [-0.1, -0.05) is 48.0 Å². The van der Waals surface area contributed by atoms with Gasteiger partial charge in [0, 0.05) is 34.8 Å². The van der Waals surface area contributed by atoms with E-state index >= 15 is 0 Å². The number of hydrogen-bond acceptors (Lipinski definition) is 5. The fourth-order valence-electron chi connectivity index (χ4n) is 4.35. The molecule has 5 rings (SSSR count). The van der Waals surface area contributed by atoms with Crippen LogP contribution in [0, 0.1) is 0 Å². The summed E-state index contributed by atoms with van der Waals surface area (Å²) in [4.78, 5) is 41.4. The lowest BCUT2D eigenvalue weighted by molar-refractivity contribution is 0.103. The summed E-state index contributed by atoms with van der Waals surface area (Å²) in [5.41, 5.74) is 2.40. The molecule has 8 heteroatoms. The third-order valence-corrected chi connectivity index (χ3v) is 5.99. The van der Waals surface area contributed by atoms with Gasteiger partial charge in [-0.3, -0.25) is 19.1 Å². The molecule has 156 valence electrons. The smallest absolute Gasteiger partial charge is 0.330 e. The lowest BCUT2D eigenvalue weighted by Crippen LogP contribution is -2.38. The summed E-state index contributed by atoms with van der Waals surface area (Å²) in [7, 11) is 1.54. The molecule has 2 N–H and O–H groups in total. The zero-order valence-corrected chi connectivity index (χ0v) is 17.3. The Bertz CT molecular complexity index is 1370. The van der Waals surface area contributed by atoms with Crippen LogP contribution in [0.2, 0.25) is 5.02 Å². The van der Waals surface area contributed by atoms with Crippen molar-refractivity contribution in [3.05, 3.63) is 102 Å². The van der Waals surface area contributed by atoms with Crippen molar-refractivity contribution in [2.75, 3.05) is 19.0 Å². The Morgan fingerprint density at radius 1 is 1.03 bits per heavy atom. The number of benzene rings is 2. The first-order valence-electron chi connectivity index (χ1n) is 9.78. The molecule has 1 aliphatic heterocycles. The third kappa shape index (κ3) is 2.97. The van der Waals surface area contributed by atoms with E-state index in [9.17, 15) is 14.4 Å². The molecule has 0 saturated carbocycles. The zero-order chi connectivity index (χ0) is 21.7. The minimum atomic E-state index is -0.651. The van der Waals surface area contributed by atoms with E-state index < -0.39 is 17.2 Å². The number of nitrogens with zero attached hydrogens (tertiary/aromatic N) is 1. The van der Waals surface area contributed by atoms with Crippen LogP contribution in [-0.4, -0.2) is 29.1 Å². The number of aromatic amines is 1. The van der Waals surface area contributed by atoms with Gasteiger partial charge in [-0.2, -0.15) is 0 Å². The number of rotatable bonds is 4. The number of hydrogen-bond donors (Lipinski definition) is 2. The van der Waals surface area contributed by atoms with E-state index in [-0.39, 0.29) is 18.9 Å². The molecule has 31 heavy (non-hydrogen) atoms. The van der Waals surface area contributed by atoms with Crippen molar-refractivity contribution in [1.29, 1.82) is 0 Å². The molecule has 0 saturated heterocycles. The van der Waals surface area contributed by atoms with Gasteiger partial charge in [-0.15, -0.1) is 0 Å². The van der Waals surface area contributed by atoms with E-state index in [4.69, 9.17) is 16.3 Å². The van der Waals surface area contributed by atoms with Gasteiger partial charge in [0.05, 0.1) is 24.4 Å². The minimum Gasteiger partial charge on any atom is -0.383 e. The fraction of sp³-hybridized carbons (Fsp3) is 0.174. The number of halogens is 1. The normalized spacial score (nSPS) is 16.6. The lowest BCUT2D eigenvalue weighted by Gasteiger charge is -2.29. The summed E-state index contributed by atoms with van der Waals surface area (Å²) in [5.74, 6) is -0.423. The number of aromatic nitrogens is 2. The summed E-state index contributed by atoms with van der Waals surface area (Å²) < 4.78 is 6.59. The van der Waals surface area contributed by atoms with Gasteiger partial charge in [0.2, 0.25) is 0 Å². The van der Waals surface area contributed by atoms with Gasteiger partial charge in [0.15, 0.2) is 5.78 Å². The number of ether oxygens (including phenoxy) is 1. The van der Waals surface area contributed by atoms with Gasteiger partial charge < -0.3 is 10.1 Å². The van der Waals surface area contributed by atoms with Crippen molar-refractivity contribution in [2.24, 2.45) is 0 Å². The minimum absolute atomic E-state index is 0.141. The maximum Gasteiger partial charge on any atom is 0.330 e. The van der Waals surface area contributed by atoms with Crippen molar-refractivity contribution < 1.29 is 9.53 Å². The van der Waals surface area contributed by atoms with Crippen LogP contribution >= 0.6 is 11.6 Å². The van der Waals surface area contributed by atoms with Crippen LogP contribution in [0.5, 0.6) is 0 Å². The molecule has 0 bridgehead atoms. The standard InChI is InChI=1S/C23H18ClN3O4/c1-31-11-10-27-21-18(22(29)26-23(27)30)16(12-6-8-13(24)9-7-12)17-19(25-21)14-4-2-3-5-15(14)20(17)28/h2-9,16,25H,10-11H2,1H3,(H,26,29,30)/t16-/m0/s1. The Morgan fingerprint density at radius 2 is 1.74 bits per heavy atom. The van der Waals surface area contributed by atoms with E-state index in [1.54, 1.807) is 43.5 Å². The second-order valence-electron chi connectivity index (χ2n) is 7.44. The van der Waals surface area contributed by atoms with E-state index in [1.807, 2.05) is 12.1 Å². The summed E-state index contributed by atoms with van der Waals surface area (Å²) in [6.07, 6.45) is 0. The molecule has 0 amide bonds. The number of carbonyl (C=O) groups excluding carboxylic acids is 1. The number of anilines is 1. The highest BCUT2D eigenvalue weighted by molar-refractivity contribution is 6.30. The van der Waals surface area contributed by atoms with E-state index in [0.717, 1.165) is 11.1 Å². The van der Waals surface area contributed by atoms with Crippen LogP contribution in [0.4, 0.5) is 5.82 Å². The van der Waals surface area contributed by atoms with Crippen LogP contribution < -0.4 is 16.6 Å². The molecule has 0 fully saturated rings. The molecule has 0 unspecified atom stereocenters. The fourth-order valence-corrected chi connectivity index (χ4v) is 4.48. The Kier molecular flexibility index (Phi) is 4.64. The van der Waals surface area contributed by atoms with Crippen LogP contribution in [0.25, 0.3) is 5.70 Å². The van der Waals surface area contributed by atoms with Crippen LogP contribution in [0.1, 0.15) is 33.0 Å². The summed E-state index contributed by atoms with van der Waals surface area (Å²) in [6, 6.07) is 14.3. The number of carbonyl (C=O) groups is 1.